The summed E-state index contributed by atoms with van der Waals surface area (Å²) in [7, 11) is 0. The first-order chi connectivity index (χ1) is 12.2. The molecule has 1 aliphatic heterocycles. The maximum Gasteiger partial charge on any atom is 0.416 e. The molecular weight excluding hydrogens is 349 g/mol. The van der Waals surface area contributed by atoms with Crippen LogP contribution in [0.1, 0.15) is 42.6 Å². The van der Waals surface area contributed by atoms with E-state index < -0.39 is 17.8 Å². The molecule has 0 aromatic heterocycles. The number of hydrogen-bond acceptors (Lipinski definition) is 3. The van der Waals surface area contributed by atoms with Gasteiger partial charge in [0, 0.05) is 24.7 Å². The number of hydrogen-bond donors (Lipinski definition) is 1. The Hall–Kier alpha value is -2.25. The zero-order chi connectivity index (χ0) is 19.3. The fourth-order valence-electron chi connectivity index (χ4n) is 2.66. The van der Waals surface area contributed by atoms with Crippen molar-refractivity contribution in [3.05, 3.63) is 35.4 Å². The van der Waals surface area contributed by atoms with Crippen molar-refractivity contribution in [1.82, 2.24) is 10.2 Å². The predicted molar refractivity (Wildman–Crippen MR) is 89.7 cm³/mol. The highest BCUT2D eigenvalue weighted by Gasteiger charge is 2.31. The van der Waals surface area contributed by atoms with Gasteiger partial charge in [0.05, 0.1) is 12.2 Å². The second-order valence-electron chi connectivity index (χ2n) is 6.78. The Morgan fingerprint density at radius 3 is 2.27 bits per heavy atom. The van der Waals surface area contributed by atoms with E-state index in [0.29, 0.717) is 32.5 Å². The normalized spacial score (nSPS) is 15.8. The predicted octanol–water partition coefficient (Wildman–Crippen LogP) is 3.69. The van der Waals surface area contributed by atoms with Gasteiger partial charge in [-0.1, -0.05) is 13.8 Å². The van der Waals surface area contributed by atoms with E-state index >= 15 is 0 Å². The average Bonchev–Trinajstić information content (AvgIpc) is 2.59. The Bertz CT molecular complexity index is 622. The molecule has 0 spiro atoms. The molecule has 1 saturated heterocycles. The molecule has 26 heavy (non-hydrogen) atoms. The van der Waals surface area contributed by atoms with Crippen molar-refractivity contribution in [2.45, 2.75) is 38.9 Å². The molecule has 1 heterocycles. The van der Waals surface area contributed by atoms with Crippen LogP contribution in [0.2, 0.25) is 0 Å². The zero-order valence-corrected chi connectivity index (χ0v) is 14.8. The molecule has 0 radical (unpaired) electrons. The third-order valence-corrected chi connectivity index (χ3v) is 4.11. The lowest BCUT2D eigenvalue weighted by molar-refractivity contribution is -0.137. The van der Waals surface area contributed by atoms with E-state index in [9.17, 15) is 22.8 Å². The molecule has 0 unspecified atom stereocenters. The molecule has 1 N–H and O–H groups in total. The number of nitrogens with one attached hydrogen (secondary N) is 1. The second-order valence-corrected chi connectivity index (χ2v) is 6.78. The van der Waals surface area contributed by atoms with Gasteiger partial charge in [-0.15, -0.1) is 0 Å². The number of ether oxygens (including phenoxy) is 1. The first-order valence-electron chi connectivity index (χ1n) is 8.56. The highest BCUT2D eigenvalue weighted by Crippen LogP contribution is 2.29. The second kappa shape index (κ2) is 8.42. The lowest BCUT2D eigenvalue weighted by Gasteiger charge is -2.32. The number of alkyl carbamates (subject to hydrolysis) is 1. The molecule has 1 aromatic carbocycles. The lowest BCUT2D eigenvalue weighted by Crippen LogP contribution is -2.46. The molecule has 0 bridgehead atoms. The Labute approximate surface area is 150 Å². The molecule has 2 amide bonds. The van der Waals surface area contributed by atoms with Gasteiger partial charge in [-0.25, -0.2) is 4.79 Å². The Morgan fingerprint density at radius 1 is 1.19 bits per heavy atom. The number of benzene rings is 1. The molecule has 5 nitrogen and oxygen atoms in total. The smallest absolute Gasteiger partial charge is 0.416 e. The Kier molecular flexibility index (Phi) is 6.50. The number of halogens is 3. The minimum atomic E-state index is -4.42. The van der Waals surface area contributed by atoms with E-state index in [-0.39, 0.29) is 23.4 Å². The number of alkyl halides is 3. The third kappa shape index (κ3) is 5.64. The summed E-state index contributed by atoms with van der Waals surface area (Å²) >= 11 is 0. The molecule has 0 aliphatic carbocycles. The van der Waals surface area contributed by atoms with E-state index in [4.69, 9.17) is 4.74 Å². The maximum absolute atomic E-state index is 12.6. The van der Waals surface area contributed by atoms with Crippen molar-refractivity contribution in [2.75, 3.05) is 19.7 Å². The number of carbonyl (C=O) groups excluding carboxylic acids is 2. The van der Waals surface area contributed by atoms with Gasteiger partial charge < -0.3 is 15.0 Å². The average molecular weight is 372 g/mol. The van der Waals surface area contributed by atoms with Crippen LogP contribution < -0.4 is 5.32 Å². The van der Waals surface area contributed by atoms with Crippen LogP contribution in [0.4, 0.5) is 18.0 Å². The summed E-state index contributed by atoms with van der Waals surface area (Å²) in [4.78, 5) is 25.6. The van der Waals surface area contributed by atoms with E-state index in [1.807, 2.05) is 13.8 Å². The third-order valence-electron chi connectivity index (χ3n) is 4.11. The first-order valence-corrected chi connectivity index (χ1v) is 8.56. The molecule has 0 atom stereocenters. The summed E-state index contributed by atoms with van der Waals surface area (Å²) < 4.78 is 42.8. The van der Waals surface area contributed by atoms with Crippen LogP contribution in [0.5, 0.6) is 0 Å². The molecule has 8 heteroatoms. The standard InChI is InChI=1S/C18H23F3N2O3/c1-12(2)11-26-17(25)22-15-7-9-23(10-8-15)16(24)13-3-5-14(6-4-13)18(19,20)21/h3-6,12,15H,7-11H2,1-2H3,(H,22,25). The number of likely N-dealkylation sites (tertiary alicyclic amines) is 1. The van der Waals surface area contributed by atoms with Gasteiger partial charge in [-0.3, -0.25) is 4.79 Å². The number of carbonyl (C=O) groups is 2. The monoisotopic (exact) mass is 372 g/mol. The van der Waals surface area contributed by atoms with Crippen molar-refractivity contribution in [3.63, 3.8) is 0 Å². The topological polar surface area (TPSA) is 58.6 Å². The van der Waals surface area contributed by atoms with Crippen molar-refractivity contribution in [1.29, 1.82) is 0 Å². The largest absolute Gasteiger partial charge is 0.449 e. The molecule has 1 aromatic rings. The SMILES string of the molecule is CC(C)COC(=O)NC1CCN(C(=O)c2ccc(C(F)(F)F)cc2)CC1. The quantitative estimate of drug-likeness (QED) is 0.877. The van der Waals surface area contributed by atoms with E-state index in [0.717, 1.165) is 12.1 Å². The summed E-state index contributed by atoms with van der Waals surface area (Å²) in [6.45, 7) is 5.08. The van der Waals surface area contributed by atoms with Gasteiger partial charge in [0.25, 0.3) is 5.91 Å². The highest BCUT2D eigenvalue weighted by atomic mass is 19.4. The molecular formula is C18H23F3N2O3. The molecule has 2 rings (SSSR count). The zero-order valence-electron chi connectivity index (χ0n) is 14.8. The van der Waals surface area contributed by atoms with Crippen LogP contribution in [-0.2, 0) is 10.9 Å². The van der Waals surface area contributed by atoms with Gasteiger partial charge in [0.2, 0.25) is 0 Å². The van der Waals surface area contributed by atoms with Crippen molar-refractivity contribution >= 4 is 12.0 Å². The van der Waals surface area contributed by atoms with E-state index in [1.54, 1.807) is 4.90 Å². The van der Waals surface area contributed by atoms with E-state index in [1.165, 1.54) is 12.1 Å². The Balaban J connectivity index is 1.83. The number of rotatable bonds is 4. The van der Waals surface area contributed by atoms with Crippen molar-refractivity contribution in [3.8, 4) is 0 Å². The summed E-state index contributed by atoms with van der Waals surface area (Å²) in [6.07, 6.45) is -3.74. The minimum Gasteiger partial charge on any atom is -0.449 e. The van der Waals surface area contributed by atoms with Crippen LogP contribution in [0, 0.1) is 5.92 Å². The summed E-state index contributed by atoms with van der Waals surface area (Å²) in [6, 6.07) is 4.13. The van der Waals surface area contributed by atoms with Crippen LogP contribution in [0.25, 0.3) is 0 Å². The summed E-state index contributed by atoms with van der Waals surface area (Å²) in [5, 5.41) is 2.77. The van der Waals surface area contributed by atoms with Crippen molar-refractivity contribution < 1.29 is 27.5 Å². The first kappa shape index (κ1) is 20.1. The van der Waals surface area contributed by atoms with Gasteiger partial charge in [-0.05, 0) is 43.0 Å². The maximum atomic E-state index is 12.6. The van der Waals surface area contributed by atoms with Crippen molar-refractivity contribution in [2.24, 2.45) is 5.92 Å². The Morgan fingerprint density at radius 2 is 1.77 bits per heavy atom. The summed E-state index contributed by atoms with van der Waals surface area (Å²) in [5.41, 5.74) is -0.558. The van der Waals surface area contributed by atoms with Crippen LogP contribution in [0.3, 0.4) is 0 Å². The van der Waals surface area contributed by atoms with Gasteiger partial charge in [0.15, 0.2) is 0 Å². The van der Waals surface area contributed by atoms with Gasteiger partial charge in [0.1, 0.15) is 0 Å². The minimum absolute atomic E-state index is 0.0775. The van der Waals surface area contributed by atoms with Gasteiger partial charge >= 0.3 is 12.3 Å². The fourth-order valence-corrected chi connectivity index (χ4v) is 2.66. The summed E-state index contributed by atoms with van der Waals surface area (Å²) in [5.74, 6) is -0.0523. The van der Waals surface area contributed by atoms with Crippen LogP contribution in [-0.4, -0.2) is 42.6 Å². The van der Waals surface area contributed by atoms with E-state index in [2.05, 4.69) is 5.32 Å². The molecule has 1 fully saturated rings. The van der Waals surface area contributed by atoms with Crippen LogP contribution >= 0.6 is 0 Å². The number of amides is 2. The number of piperidine rings is 1. The molecule has 144 valence electrons. The fraction of sp³-hybridized carbons (Fsp3) is 0.556. The van der Waals surface area contributed by atoms with Crippen LogP contribution in [0.15, 0.2) is 24.3 Å². The highest BCUT2D eigenvalue weighted by molar-refractivity contribution is 5.94. The van der Waals surface area contributed by atoms with Gasteiger partial charge in [-0.2, -0.15) is 13.2 Å². The lowest BCUT2D eigenvalue weighted by atomic mass is 10.0. The molecule has 0 saturated carbocycles. The molecule has 1 aliphatic rings. The number of nitrogens with zero attached hydrogens (tertiary/aromatic N) is 1.